The summed E-state index contributed by atoms with van der Waals surface area (Å²) in [6.45, 7) is 4.06. The molecule has 0 saturated heterocycles. The second-order valence-electron chi connectivity index (χ2n) is 6.86. The molecule has 3 rings (SSSR count). The highest BCUT2D eigenvalue weighted by Crippen LogP contribution is 2.18. The zero-order valence-corrected chi connectivity index (χ0v) is 18.9. The van der Waals surface area contributed by atoms with Gasteiger partial charge in [0.25, 0.3) is 5.91 Å². The molecule has 3 aromatic carbocycles. The number of carbonyl (C=O) groups is 2. The van der Waals surface area contributed by atoms with Crippen LogP contribution in [0.3, 0.4) is 0 Å². The van der Waals surface area contributed by atoms with Crippen molar-refractivity contribution in [2.45, 2.75) is 20.0 Å². The minimum atomic E-state index is -0.743. The lowest BCUT2D eigenvalue weighted by Gasteiger charge is -2.12. The predicted octanol–water partition coefficient (Wildman–Crippen LogP) is 4.88. The van der Waals surface area contributed by atoms with Crippen molar-refractivity contribution < 1.29 is 23.8 Å². The average molecular weight is 467 g/mol. The van der Waals surface area contributed by atoms with E-state index in [-0.39, 0.29) is 0 Å². The summed E-state index contributed by atoms with van der Waals surface area (Å²) in [7, 11) is 0. The molecule has 1 atom stereocenters. The topological polar surface area (TPSA) is 86.2 Å². The van der Waals surface area contributed by atoms with Gasteiger partial charge in [-0.3, -0.25) is 4.79 Å². The maximum absolute atomic E-state index is 12.3. The number of halogens is 1. The van der Waals surface area contributed by atoms with Crippen LogP contribution in [0.2, 0.25) is 5.02 Å². The highest BCUT2D eigenvalue weighted by Gasteiger charge is 2.14. The molecular weight excluding hydrogens is 444 g/mol. The summed E-state index contributed by atoms with van der Waals surface area (Å²) in [5.41, 5.74) is 3.56. The lowest BCUT2D eigenvalue weighted by Crippen LogP contribution is -2.33. The fraction of sp³-hybridized carbons (Fsp3) is 0.160. The number of benzene rings is 3. The first-order valence-corrected chi connectivity index (χ1v) is 10.6. The maximum atomic E-state index is 12.3. The molecule has 0 spiro atoms. The fourth-order valence-corrected chi connectivity index (χ4v) is 2.80. The van der Waals surface area contributed by atoms with E-state index in [2.05, 4.69) is 10.5 Å². The molecule has 8 heteroatoms. The zero-order chi connectivity index (χ0) is 23.6. The number of esters is 1. The van der Waals surface area contributed by atoms with Gasteiger partial charge in [0.1, 0.15) is 17.2 Å². The Hall–Kier alpha value is -3.84. The van der Waals surface area contributed by atoms with E-state index in [0.29, 0.717) is 40.0 Å². The van der Waals surface area contributed by atoms with Crippen molar-refractivity contribution in [3.8, 4) is 17.2 Å². The van der Waals surface area contributed by atoms with E-state index in [1.165, 1.54) is 6.21 Å². The summed E-state index contributed by atoms with van der Waals surface area (Å²) >= 11 is 5.83. The molecule has 0 heterocycles. The minimum absolute atomic E-state index is 0.389. The van der Waals surface area contributed by atoms with Gasteiger partial charge in [0.15, 0.2) is 6.10 Å². The first-order valence-electron chi connectivity index (χ1n) is 10.2. The summed E-state index contributed by atoms with van der Waals surface area (Å²) in [6.07, 6.45) is 0.734. The zero-order valence-electron chi connectivity index (χ0n) is 18.2. The number of nitrogens with zero attached hydrogens (tertiary/aromatic N) is 1. The standard InChI is InChI=1S/C25H23ClN2O5/c1-3-31-21-12-6-19(7-13-21)25(30)33-23-10-4-18(5-11-23)16-27-28-24(29)17(2)32-22-14-8-20(26)9-15-22/h4-17H,3H2,1-2H3,(H,28,29)/b27-16-/t17-/m1/s1. The van der Waals surface area contributed by atoms with E-state index < -0.39 is 18.0 Å². The fourth-order valence-electron chi connectivity index (χ4n) is 2.67. The molecule has 0 bridgehead atoms. The number of hydrogen-bond acceptors (Lipinski definition) is 6. The highest BCUT2D eigenvalue weighted by atomic mass is 35.5. The first kappa shape index (κ1) is 23.8. The first-order chi connectivity index (χ1) is 15.9. The molecule has 0 aromatic heterocycles. The van der Waals surface area contributed by atoms with Gasteiger partial charge >= 0.3 is 5.97 Å². The molecule has 7 nitrogen and oxygen atoms in total. The van der Waals surface area contributed by atoms with Crippen LogP contribution in [0, 0.1) is 0 Å². The Balaban J connectivity index is 1.48. The number of hydrogen-bond donors (Lipinski definition) is 1. The van der Waals surface area contributed by atoms with E-state index in [0.717, 1.165) is 0 Å². The Kier molecular flexibility index (Phi) is 8.43. The molecule has 0 fully saturated rings. The van der Waals surface area contributed by atoms with Crippen molar-refractivity contribution in [2.24, 2.45) is 5.10 Å². The number of carbonyl (C=O) groups excluding carboxylic acids is 2. The van der Waals surface area contributed by atoms with Gasteiger partial charge in [0.2, 0.25) is 0 Å². The van der Waals surface area contributed by atoms with E-state index in [4.69, 9.17) is 25.8 Å². The molecule has 170 valence electrons. The Morgan fingerprint density at radius 3 is 2.18 bits per heavy atom. The minimum Gasteiger partial charge on any atom is -0.494 e. The summed E-state index contributed by atoms with van der Waals surface area (Å²) in [5, 5.41) is 4.52. The second kappa shape index (κ2) is 11.7. The largest absolute Gasteiger partial charge is 0.494 e. The summed E-state index contributed by atoms with van der Waals surface area (Å²) in [4.78, 5) is 24.4. The molecule has 1 N–H and O–H groups in total. The molecule has 0 unspecified atom stereocenters. The van der Waals surface area contributed by atoms with Gasteiger partial charge in [0.05, 0.1) is 18.4 Å². The van der Waals surface area contributed by atoms with Gasteiger partial charge in [0, 0.05) is 5.02 Å². The maximum Gasteiger partial charge on any atom is 0.343 e. The number of hydrazone groups is 1. The molecular formula is C25H23ClN2O5. The van der Waals surface area contributed by atoms with Crippen LogP contribution in [0.25, 0.3) is 0 Å². The van der Waals surface area contributed by atoms with Crippen LogP contribution in [0.15, 0.2) is 77.9 Å². The lowest BCUT2D eigenvalue weighted by molar-refractivity contribution is -0.127. The van der Waals surface area contributed by atoms with Gasteiger partial charge in [-0.05, 0) is 92.2 Å². The van der Waals surface area contributed by atoms with Gasteiger partial charge < -0.3 is 14.2 Å². The summed E-state index contributed by atoms with van der Waals surface area (Å²) in [5.74, 6) is 0.737. The monoisotopic (exact) mass is 466 g/mol. The third-order valence-corrected chi connectivity index (χ3v) is 4.63. The van der Waals surface area contributed by atoms with Crippen LogP contribution in [0.4, 0.5) is 0 Å². The average Bonchev–Trinajstić information content (AvgIpc) is 2.82. The highest BCUT2D eigenvalue weighted by molar-refractivity contribution is 6.30. The lowest BCUT2D eigenvalue weighted by atomic mass is 10.2. The van der Waals surface area contributed by atoms with E-state index in [1.54, 1.807) is 79.7 Å². The van der Waals surface area contributed by atoms with Crippen molar-refractivity contribution in [3.05, 3.63) is 88.9 Å². The smallest absolute Gasteiger partial charge is 0.343 e. The van der Waals surface area contributed by atoms with Crippen LogP contribution in [0.1, 0.15) is 29.8 Å². The van der Waals surface area contributed by atoms with E-state index in [9.17, 15) is 9.59 Å². The van der Waals surface area contributed by atoms with E-state index in [1.807, 2.05) is 6.92 Å². The number of ether oxygens (including phenoxy) is 3. The molecule has 0 saturated carbocycles. The van der Waals surface area contributed by atoms with E-state index >= 15 is 0 Å². The molecule has 33 heavy (non-hydrogen) atoms. The molecule has 3 aromatic rings. The van der Waals surface area contributed by atoms with Crippen LogP contribution in [-0.2, 0) is 4.79 Å². The normalized spacial score (nSPS) is 11.6. The van der Waals surface area contributed by atoms with Crippen molar-refractivity contribution in [2.75, 3.05) is 6.61 Å². The van der Waals surface area contributed by atoms with Crippen molar-refractivity contribution >= 4 is 29.7 Å². The van der Waals surface area contributed by atoms with Gasteiger partial charge in [-0.1, -0.05) is 11.6 Å². The molecule has 0 aliphatic carbocycles. The SMILES string of the molecule is CCOc1ccc(C(=O)Oc2ccc(/C=N\NC(=O)[C@@H](C)Oc3ccc(Cl)cc3)cc2)cc1. The Labute approximate surface area is 196 Å². The van der Waals surface area contributed by atoms with Crippen molar-refractivity contribution in [1.82, 2.24) is 5.43 Å². The van der Waals surface area contributed by atoms with Crippen LogP contribution >= 0.6 is 11.6 Å². The Morgan fingerprint density at radius 1 is 0.939 bits per heavy atom. The Morgan fingerprint density at radius 2 is 1.55 bits per heavy atom. The summed E-state index contributed by atoms with van der Waals surface area (Å²) < 4.78 is 16.3. The third-order valence-electron chi connectivity index (χ3n) is 4.38. The molecule has 0 radical (unpaired) electrons. The second-order valence-corrected chi connectivity index (χ2v) is 7.30. The number of rotatable bonds is 9. The molecule has 0 aliphatic heterocycles. The van der Waals surface area contributed by atoms with Crippen LogP contribution in [-0.4, -0.2) is 30.8 Å². The van der Waals surface area contributed by atoms with Crippen molar-refractivity contribution in [3.63, 3.8) is 0 Å². The number of amides is 1. The molecule has 1 amide bonds. The van der Waals surface area contributed by atoms with Gasteiger partial charge in [-0.2, -0.15) is 5.10 Å². The van der Waals surface area contributed by atoms with Crippen LogP contribution < -0.4 is 19.6 Å². The quantitative estimate of drug-likeness (QED) is 0.210. The third kappa shape index (κ3) is 7.36. The molecule has 0 aliphatic rings. The summed E-state index contributed by atoms with van der Waals surface area (Å²) in [6, 6.07) is 20.2. The van der Waals surface area contributed by atoms with Crippen LogP contribution in [0.5, 0.6) is 17.2 Å². The van der Waals surface area contributed by atoms with Crippen molar-refractivity contribution in [1.29, 1.82) is 0 Å². The number of nitrogens with one attached hydrogen (secondary N) is 1. The predicted molar refractivity (Wildman–Crippen MR) is 126 cm³/mol. The van der Waals surface area contributed by atoms with Gasteiger partial charge in [-0.25, -0.2) is 10.2 Å². The Bertz CT molecular complexity index is 1100. The van der Waals surface area contributed by atoms with Gasteiger partial charge in [-0.15, -0.1) is 0 Å².